The van der Waals surface area contributed by atoms with Crippen molar-refractivity contribution in [2.75, 3.05) is 39.4 Å². The van der Waals surface area contributed by atoms with Gasteiger partial charge in [0.05, 0.1) is 12.7 Å². The molecular weight excluding hydrogens is 216 g/mol. The predicted molar refractivity (Wildman–Crippen MR) is 68.1 cm³/mol. The molecule has 2 rings (SSSR count). The summed E-state index contributed by atoms with van der Waals surface area (Å²) in [5.74, 6) is 0.558. The van der Waals surface area contributed by atoms with E-state index in [1.54, 1.807) is 0 Å². The molecule has 0 aliphatic carbocycles. The van der Waals surface area contributed by atoms with Crippen molar-refractivity contribution in [3.8, 4) is 0 Å². The van der Waals surface area contributed by atoms with Crippen LogP contribution in [0.1, 0.15) is 26.2 Å². The minimum absolute atomic E-state index is 0.233. The van der Waals surface area contributed by atoms with Crippen LogP contribution in [0.2, 0.25) is 0 Å². The van der Waals surface area contributed by atoms with Gasteiger partial charge in [-0.25, -0.2) is 0 Å². The molecule has 0 saturated carbocycles. The SMILES string of the molecule is CC1COCCC1NCC(O)CN1CCCC1. The number of hydrogen-bond donors (Lipinski definition) is 2. The molecule has 0 aromatic heterocycles. The monoisotopic (exact) mass is 242 g/mol. The van der Waals surface area contributed by atoms with Gasteiger partial charge in [-0.2, -0.15) is 0 Å². The molecule has 2 fully saturated rings. The van der Waals surface area contributed by atoms with Gasteiger partial charge in [0.1, 0.15) is 0 Å². The third-order valence-corrected chi connectivity index (χ3v) is 3.92. The molecule has 4 nitrogen and oxygen atoms in total. The van der Waals surface area contributed by atoms with Gasteiger partial charge in [-0.1, -0.05) is 6.92 Å². The predicted octanol–water partition coefficient (Wildman–Crippen LogP) is 0.458. The third-order valence-electron chi connectivity index (χ3n) is 3.92. The van der Waals surface area contributed by atoms with Crippen LogP contribution in [0.4, 0.5) is 0 Å². The summed E-state index contributed by atoms with van der Waals surface area (Å²) in [6, 6.07) is 0.511. The van der Waals surface area contributed by atoms with Crippen molar-refractivity contribution < 1.29 is 9.84 Å². The third kappa shape index (κ3) is 4.21. The molecular formula is C13H26N2O2. The molecule has 0 radical (unpaired) electrons. The van der Waals surface area contributed by atoms with Crippen molar-refractivity contribution in [2.45, 2.75) is 38.3 Å². The quantitative estimate of drug-likeness (QED) is 0.735. The maximum atomic E-state index is 9.99. The summed E-state index contributed by atoms with van der Waals surface area (Å²) in [6.45, 7) is 7.76. The fourth-order valence-electron chi connectivity index (χ4n) is 2.80. The van der Waals surface area contributed by atoms with E-state index in [1.165, 1.54) is 12.8 Å². The molecule has 2 aliphatic rings. The summed E-state index contributed by atoms with van der Waals surface area (Å²) in [5.41, 5.74) is 0. The van der Waals surface area contributed by atoms with Gasteiger partial charge >= 0.3 is 0 Å². The Hall–Kier alpha value is -0.160. The Morgan fingerprint density at radius 2 is 2.18 bits per heavy atom. The van der Waals surface area contributed by atoms with Crippen LogP contribution in [0.25, 0.3) is 0 Å². The van der Waals surface area contributed by atoms with Crippen LogP contribution in [0.15, 0.2) is 0 Å². The number of rotatable bonds is 5. The highest BCUT2D eigenvalue weighted by molar-refractivity contribution is 4.79. The summed E-state index contributed by atoms with van der Waals surface area (Å²) < 4.78 is 5.42. The van der Waals surface area contributed by atoms with E-state index < -0.39 is 0 Å². The lowest BCUT2D eigenvalue weighted by Crippen LogP contribution is -2.46. The molecule has 0 aromatic carbocycles. The molecule has 2 N–H and O–H groups in total. The molecule has 0 spiro atoms. The number of nitrogens with one attached hydrogen (secondary N) is 1. The Labute approximate surface area is 104 Å². The van der Waals surface area contributed by atoms with E-state index in [0.717, 1.165) is 39.3 Å². The van der Waals surface area contributed by atoms with Crippen LogP contribution >= 0.6 is 0 Å². The molecule has 17 heavy (non-hydrogen) atoms. The van der Waals surface area contributed by atoms with Gasteiger partial charge in [0, 0.05) is 25.7 Å². The van der Waals surface area contributed by atoms with E-state index >= 15 is 0 Å². The molecule has 0 amide bonds. The number of likely N-dealkylation sites (tertiary alicyclic amines) is 1. The normalized spacial score (nSPS) is 32.8. The zero-order chi connectivity index (χ0) is 12.1. The number of β-amino-alcohol motifs (C(OH)–C–C–N with tert-alkyl or cyclic N) is 1. The lowest BCUT2D eigenvalue weighted by Gasteiger charge is -2.31. The Bertz CT molecular complexity index is 219. The zero-order valence-electron chi connectivity index (χ0n) is 10.9. The second-order valence-electron chi connectivity index (χ2n) is 5.52. The van der Waals surface area contributed by atoms with Crippen molar-refractivity contribution in [3.05, 3.63) is 0 Å². The highest BCUT2D eigenvalue weighted by Crippen LogP contribution is 2.14. The fraction of sp³-hybridized carbons (Fsp3) is 1.00. The molecule has 2 aliphatic heterocycles. The summed E-state index contributed by atoms with van der Waals surface area (Å²) >= 11 is 0. The number of hydrogen-bond acceptors (Lipinski definition) is 4. The van der Waals surface area contributed by atoms with Crippen LogP contribution in [0, 0.1) is 5.92 Å². The second-order valence-corrected chi connectivity index (χ2v) is 5.52. The van der Waals surface area contributed by atoms with E-state index in [4.69, 9.17) is 4.74 Å². The highest BCUT2D eigenvalue weighted by atomic mass is 16.5. The summed E-state index contributed by atoms with van der Waals surface area (Å²) in [5, 5.41) is 13.5. The Kier molecular flexibility index (Phi) is 5.22. The number of ether oxygens (including phenoxy) is 1. The van der Waals surface area contributed by atoms with Gasteiger partial charge in [0.15, 0.2) is 0 Å². The lowest BCUT2D eigenvalue weighted by atomic mass is 9.98. The first-order chi connectivity index (χ1) is 8.25. The average Bonchev–Trinajstić information content (AvgIpc) is 2.81. The van der Waals surface area contributed by atoms with Gasteiger partial charge < -0.3 is 20.1 Å². The fourth-order valence-corrected chi connectivity index (χ4v) is 2.80. The van der Waals surface area contributed by atoms with E-state index in [2.05, 4.69) is 17.1 Å². The van der Waals surface area contributed by atoms with E-state index in [0.29, 0.717) is 18.5 Å². The van der Waals surface area contributed by atoms with E-state index in [-0.39, 0.29) is 6.10 Å². The molecule has 3 unspecified atom stereocenters. The minimum atomic E-state index is -0.233. The number of nitrogens with zero attached hydrogens (tertiary/aromatic N) is 1. The Balaban J connectivity index is 1.62. The lowest BCUT2D eigenvalue weighted by molar-refractivity contribution is 0.0330. The smallest absolute Gasteiger partial charge is 0.0791 e. The van der Waals surface area contributed by atoms with Crippen molar-refractivity contribution >= 4 is 0 Å². The number of aliphatic hydroxyl groups excluding tert-OH is 1. The molecule has 2 saturated heterocycles. The largest absolute Gasteiger partial charge is 0.390 e. The first-order valence-electron chi connectivity index (χ1n) is 6.97. The minimum Gasteiger partial charge on any atom is -0.390 e. The van der Waals surface area contributed by atoms with Crippen LogP contribution < -0.4 is 5.32 Å². The second kappa shape index (κ2) is 6.69. The van der Waals surface area contributed by atoms with Crippen molar-refractivity contribution in [1.29, 1.82) is 0 Å². The van der Waals surface area contributed by atoms with Crippen LogP contribution in [0.5, 0.6) is 0 Å². The summed E-state index contributed by atoms with van der Waals surface area (Å²) in [7, 11) is 0. The maximum Gasteiger partial charge on any atom is 0.0791 e. The summed E-state index contributed by atoms with van der Waals surface area (Å²) in [4.78, 5) is 2.36. The van der Waals surface area contributed by atoms with Crippen LogP contribution in [-0.4, -0.2) is 61.5 Å². The molecule has 3 atom stereocenters. The average molecular weight is 242 g/mol. The molecule has 4 heteroatoms. The molecule has 0 bridgehead atoms. The molecule has 100 valence electrons. The standard InChI is InChI=1S/C13H26N2O2/c1-11-10-17-7-4-13(11)14-8-12(16)9-15-5-2-3-6-15/h11-14,16H,2-10H2,1H3. The van der Waals surface area contributed by atoms with Crippen LogP contribution in [0.3, 0.4) is 0 Å². The topological polar surface area (TPSA) is 44.7 Å². The molecule has 2 heterocycles. The number of aliphatic hydroxyl groups is 1. The first kappa shape index (κ1) is 13.3. The van der Waals surface area contributed by atoms with Gasteiger partial charge in [0.2, 0.25) is 0 Å². The van der Waals surface area contributed by atoms with Crippen molar-refractivity contribution in [2.24, 2.45) is 5.92 Å². The molecule has 0 aromatic rings. The van der Waals surface area contributed by atoms with Gasteiger partial charge in [-0.05, 0) is 38.3 Å². The first-order valence-corrected chi connectivity index (χ1v) is 6.97. The van der Waals surface area contributed by atoms with Gasteiger partial charge in [0.25, 0.3) is 0 Å². The van der Waals surface area contributed by atoms with E-state index in [1.807, 2.05) is 0 Å². The van der Waals surface area contributed by atoms with Gasteiger partial charge in [-0.15, -0.1) is 0 Å². The highest BCUT2D eigenvalue weighted by Gasteiger charge is 2.22. The Morgan fingerprint density at radius 3 is 2.88 bits per heavy atom. The van der Waals surface area contributed by atoms with Crippen molar-refractivity contribution in [3.63, 3.8) is 0 Å². The Morgan fingerprint density at radius 1 is 1.41 bits per heavy atom. The summed E-state index contributed by atoms with van der Waals surface area (Å²) in [6.07, 6.45) is 3.41. The van der Waals surface area contributed by atoms with Crippen molar-refractivity contribution in [1.82, 2.24) is 10.2 Å². The van der Waals surface area contributed by atoms with Crippen LogP contribution in [-0.2, 0) is 4.74 Å². The van der Waals surface area contributed by atoms with E-state index in [9.17, 15) is 5.11 Å². The maximum absolute atomic E-state index is 9.99. The zero-order valence-corrected chi connectivity index (χ0v) is 10.9. The van der Waals surface area contributed by atoms with Gasteiger partial charge in [-0.3, -0.25) is 0 Å².